The Morgan fingerprint density at radius 3 is 2.55 bits per heavy atom. The number of aromatic nitrogens is 2. The Balaban J connectivity index is 1.89. The lowest BCUT2D eigenvalue weighted by molar-refractivity contribution is -0.163. The van der Waals surface area contributed by atoms with Crippen LogP contribution in [0.5, 0.6) is 0 Å². The van der Waals surface area contributed by atoms with Gasteiger partial charge < -0.3 is 9.84 Å². The van der Waals surface area contributed by atoms with Crippen LogP contribution in [0.3, 0.4) is 0 Å². The Morgan fingerprint density at radius 1 is 1.21 bits per heavy atom. The van der Waals surface area contributed by atoms with Gasteiger partial charge in [0, 0.05) is 18.3 Å². The summed E-state index contributed by atoms with van der Waals surface area (Å²) >= 11 is 0. The summed E-state index contributed by atoms with van der Waals surface area (Å²) < 4.78 is 5.67. The van der Waals surface area contributed by atoms with Gasteiger partial charge in [0.05, 0.1) is 11.6 Å². The van der Waals surface area contributed by atoms with Crippen molar-refractivity contribution in [1.29, 1.82) is 0 Å². The predicted molar refractivity (Wildman–Crippen MR) is 111 cm³/mol. The van der Waals surface area contributed by atoms with E-state index >= 15 is 0 Å². The zero-order valence-electron chi connectivity index (χ0n) is 17.5. The Morgan fingerprint density at radius 2 is 1.90 bits per heavy atom. The molecule has 1 N–H and O–H groups in total. The van der Waals surface area contributed by atoms with Gasteiger partial charge in [-0.05, 0) is 58.4 Å². The number of rotatable bonds is 2. The van der Waals surface area contributed by atoms with Crippen LogP contribution < -0.4 is 0 Å². The topological polar surface area (TPSA) is 72.3 Å². The summed E-state index contributed by atoms with van der Waals surface area (Å²) in [5.74, 6) is 5.31. The molecule has 152 valence electrons. The van der Waals surface area contributed by atoms with Crippen LogP contribution in [0.1, 0.15) is 62.9 Å². The maximum Gasteiger partial charge on any atom is 0.310 e. The Kier molecular flexibility index (Phi) is 6.04. The highest BCUT2D eigenvalue weighted by Gasteiger charge is 2.43. The normalized spacial score (nSPS) is 24.3. The van der Waals surface area contributed by atoms with Gasteiger partial charge >= 0.3 is 5.97 Å². The summed E-state index contributed by atoms with van der Waals surface area (Å²) in [6, 6.07) is 9.83. The first kappa shape index (κ1) is 21.0. The number of esters is 1. The Labute approximate surface area is 172 Å². The number of aliphatic hydroxyl groups is 1. The third kappa shape index (κ3) is 5.42. The monoisotopic (exact) mass is 392 g/mol. The molecule has 0 spiro atoms. The number of hydrogen-bond acceptors (Lipinski definition) is 5. The van der Waals surface area contributed by atoms with Crippen LogP contribution in [-0.4, -0.2) is 32.2 Å². The summed E-state index contributed by atoms with van der Waals surface area (Å²) in [7, 11) is 0. The van der Waals surface area contributed by atoms with Gasteiger partial charge in [-0.15, -0.1) is 0 Å². The number of ether oxygens (including phenoxy) is 1. The lowest BCUT2D eigenvalue weighted by Gasteiger charge is -2.39. The summed E-state index contributed by atoms with van der Waals surface area (Å²) in [4.78, 5) is 21.3. The van der Waals surface area contributed by atoms with Crippen LogP contribution in [0, 0.1) is 24.7 Å². The first-order chi connectivity index (χ1) is 13.7. The third-order valence-electron chi connectivity index (χ3n) is 5.14. The summed E-state index contributed by atoms with van der Waals surface area (Å²) in [5.41, 5.74) is 0.564. The average Bonchev–Trinajstić information content (AvgIpc) is 2.66. The molecule has 3 atom stereocenters. The van der Waals surface area contributed by atoms with E-state index in [-0.39, 0.29) is 17.8 Å². The zero-order valence-corrected chi connectivity index (χ0v) is 17.5. The fourth-order valence-corrected chi connectivity index (χ4v) is 3.73. The van der Waals surface area contributed by atoms with Crippen molar-refractivity contribution in [2.24, 2.45) is 5.92 Å². The molecule has 1 aliphatic carbocycles. The van der Waals surface area contributed by atoms with E-state index < -0.39 is 11.2 Å². The van der Waals surface area contributed by atoms with Crippen molar-refractivity contribution in [3.63, 3.8) is 0 Å². The highest BCUT2D eigenvalue weighted by Crippen LogP contribution is 2.43. The van der Waals surface area contributed by atoms with Gasteiger partial charge in [0.2, 0.25) is 0 Å². The van der Waals surface area contributed by atoms with Crippen LogP contribution in [0.4, 0.5) is 0 Å². The smallest absolute Gasteiger partial charge is 0.310 e. The number of benzene rings is 1. The van der Waals surface area contributed by atoms with Crippen molar-refractivity contribution in [3.8, 4) is 11.8 Å². The molecule has 3 rings (SSSR count). The molecule has 5 nitrogen and oxygen atoms in total. The standard InChI is InChI=1S/C24H28N2O3/c1-17-21(26-15-14-25-17)11-13-24(28)12-10-19(22(27)29-23(2,3)4)20(16-24)18-8-6-5-7-9-18/h5-9,14-15,19-20,28H,10,12,16H2,1-4H3/t19-,20+,24?/m1/s1. The molecule has 0 aliphatic heterocycles. The van der Waals surface area contributed by atoms with Crippen LogP contribution in [0.25, 0.3) is 0 Å². The van der Waals surface area contributed by atoms with Gasteiger partial charge in [0.1, 0.15) is 16.9 Å². The van der Waals surface area contributed by atoms with Crippen molar-refractivity contribution in [3.05, 3.63) is 59.7 Å². The van der Waals surface area contributed by atoms with E-state index in [2.05, 4.69) is 21.8 Å². The van der Waals surface area contributed by atoms with Gasteiger partial charge in [-0.2, -0.15) is 0 Å². The lowest BCUT2D eigenvalue weighted by atomic mass is 9.69. The average molecular weight is 392 g/mol. The van der Waals surface area contributed by atoms with E-state index in [1.54, 1.807) is 12.4 Å². The molecular weight excluding hydrogens is 364 g/mol. The van der Waals surface area contributed by atoms with E-state index in [4.69, 9.17) is 4.74 Å². The number of nitrogens with zero attached hydrogens (tertiary/aromatic N) is 2. The van der Waals surface area contributed by atoms with Crippen molar-refractivity contribution < 1.29 is 14.6 Å². The second kappa shape index (κ2) is 8.34. The third-order valence-corrected chi connectivity index (χ3v) is 5.14. The van der Waals surface area contributed by atoms with Crippen LogP contribution in [0.15, 0.2) is 42.7 Å². The Hall–Kier alpha value is -2.71. The Bertz CT molecular complexity index is 924. The maximum absolute atomic E-state index is 12.9. The number of hydrogen-bond donors (Lipinski definition) is 1. The van der Waals surface area contributed by atoms with Crippen LogP contribution in [-0.2, 0) is 9.53 Å². The molecule has 5 heteroatoms. The van der Waals surface area contributed by atoms with Gasteiger partial charge in [0.25, 0.3) is 0 Å². The molecule has 1 fully saturated rings. The molecule has 0 amide bonds. The number of aryl methyl sites for hydroxylation is 1. The molecule has 2 aromatic rings. The van der Waals surface area contributed by atoms with Gasteiger partial charge in [-0.3, -0.25) is 9.78 Å². The van der Waals surface area contributed by atoms with Gasteiger partial charge in [-0.25, -0.2) is 4.98 Å². The summed E-state index contributed by atoms with van der Waals surface area (Å²) in [5, 5.41) is 11.2. The number of carbonyl (C=O) groups excluding carboxylic acids is 1. The minimum absolute atomic E-state index is 0.165. The zero-order chi connectivity index (χ0) is 21.1. The molecule has 1 unspecified atom stereocenters. The molecule has 0 radical (unpaired) electrons. The molecule has 0 bridgehead atoms. The SMILES string of the molecule is Cc1nccnc1C#CC1(O)CC[C@@H](C(=O)OC(C)(C)C)[C@H](c2ccccc2)C1. The largest absolute Gasteiger partial charge is 0.460 e. The first-order valence-corrected chi connectivity index (χ1v) is 9.98. The lowest BCUT2D eigenvalue weighted by Crippen LogP contribution is -2.41. The highest BCUT2D eigenvalue weighted by molar-refractivity contribution is 5.74. The van der Waals surface area contributed by atoms with Crippen molar-refractivity contribution >= 4 is 5.97 Å². The summed E-state index contributed by atoms with van der Waals surface area (Å²) in [6.45, 7) is 7.45. The van der Waals surface area contributed by atoms with Crippen molar-refractivity contribution in [2.45, 2.75) is 64.1 Å². The molecule has 1 aromatic heterocycles. The van der Waals surface area contributed by atoms with Crippen LogP contribution >= 0.6 is 0 Å². The van der Waals surface area contributed by atoms with E-state index in [0.29, 0.717) is 25.0 Å². The van der Waals surface area contributed by atoms with E-state index in [1.165, 1.54) is 0 Å². The quantitative estimate of drug-likeness (QED) is 0.622. The highest BCUT2D eigenvalue weighted by atomic mass is 16.6. The van der Waals surface area contributed by atoms with E-state index in [0.717, 1.165) is 11.3 Å². The minimum Gasteiger partial charge on any atom is -0.460 e. The molecule has 1 saturated carbocycles. The predicted octanol–water partition coefficient (Wildman–Crippen LogP) is 3.79. The number of carbonyl (C=O) groups is 1. The molecule has 29 heavy (non-hydrogen) atoms. The molecule has 1 aromatic carbocycles. The molecule has 1 aliphatic rings. The van der Waals surface area contributed by atoms with Crippen LogP contribution in [0.2, 0.25) is 0 Å². The van der Waals surface area contributed by atoms with E-state index in [9.17, 15) is 9.90 Å². The maximum atomic E-state index is 12.9. The fourth-order valence-electron chi connectivity index (χ4n) is 3.73. The second-order valence-corrected chi connectivity index (χ2v) is 8.67. The fraction of sp³-hybridized carbons (Fsp3) is 0.458. The first-order valence-electron chi connectivity index (χ1n) is 9.98. The molecule has 1 heterocycles. The van der Waals surface area contributed by atoms with Crippen molar-refractivity contribution in [2.75, 3.05) is 0 Å². The second-order valence-electron chi connectivity index (χ2n) is 8.67. The molecular formula is C24H28N2O3. The summed E-state index contributed by atoms with van der Waals surface area (Å²) in [6.07, 6.45) is 4.50. The minimum atomic E-state index is -1.19. The van der Waals surface area contributed by atoms with Crippen molar-refractivity contribution in [1.82, 2.24) is 9.97 Å². The van der Waals surface area contributed by atoms with Gasteiger partial charge in [0.15, 0.2) is 0 Å². The molecule has 0 saturated heterocycles. The van der Waals surface area contributed by atoms with E-state index in [1.807, 2.05) is 58.0 Å². The van der Waals surface area contributed by atoms with Gasteiger partial charge in [-0.1, -0.05) is 36.3 Å².